The van der Waals surface area contributed by atoms with Gasteiger partial charge in [-0.2, -0.15) is 0 Å². The van der Waals surface area contributed by atoms with Crippen LogP contribution in [0.3, 0.4) is 0 Å². The van der Waals surface area contributed by atoms with Gasteiger partial charge in [0.2, 0.25) is 0 Å². The number of hydrogen-bond acceptors (Lipinski definition) is 3. The van der Waals surface area contributed by atoms with Crippen LogP contribution in [0.2, 0.25) is 5.02 Å². The molecule has 5 heteroatoms. The lowest BCUT2D eigenvalue weighted by atomic mass is 10.1. The zero-order valence-corrected chi connectivity index (χ0v) is 14.2. The molecule has 0 atom stereocenters. The van der Waals surface area contributed by atoms with Gasteiger partial charge < -0.3 is 14.8 Å². The molecule has 0 aliphatic heterocycles. The van der Waals surface area contributed by atoms with Crippen molar-refractivity contribution in [2.45, 2.75) is 26.5 Å². The number of ether oxygens (including phenoxy) is 2. The van der Waals surface area contributed by atoms with Gasteiger partial charge in [-0.1, -0.05) is 23.7 Å². The lowest BCUT2D eigenvalue weighted by molar-refractivity contribution is 0.0943. The first-order valence-corrected chi connectivity index (χ1v) is 7.74. The summed E-state index contributed by atoms with van der Waals surface area (Å²) in [6, 6.07) is 12.6. The molecule has 0 fully saturated rings. The molecule has 0 unspecified atom stereocenters. The third kappa shape index (κ3) is 4.63. The van der Waals surface area contributed by atoms with Crippen LogP contribution in [0, 0.1) is 0 Å². The summed E-state index contributed by atoms with van der Waals surface area (Å²) in [5, 5.41) is 3.41. The van der Waals surface area contributed by atoms with E-state index >= 15 is 0 Å². The molecule has 0 bridgehead atoms. The van der Waals surface area contributed by atoms with E-state index in [-0.39, 0.29) is 18.6 Å². The van der Waals surface area contributed by atoms with Crippen molar-refractivity contribution in [3.63, 3.8) is 0 Å². The fourth-order valence-corrected chi connectivity index (χ4v) is 2.29. The lowest BCUT2D eigenvalue weighted by Crippen LogP contribution is -2.30. The molecule has 0 radical (unpaired) electrons. The summed E-state index contributed by atoms with van der Waals surface area (Å²) in [6.45, 7) is 4.10. The number of halogens is 1. The second kappa shape index (κ2) is 7.88. The maximum atomic E-state index is 12.1. The molecule has 122 valence electrons. The van der Waals surface area contributed by atoms with E-state index in [1.807, 2.05) is 26.0 Å². The van der Waals surface area contributed by atoms with E-state index in [0.717, 1.165) is 5.56 Å². The number of amides is 1. The summed E-state index contributed by atoms with van der Waals surface area (Å²) in [7, 11) is 1.59. The largest absolute Gasteiger partial charge is 0.496 e. The molecule has 0 spiro atoms. The SMILES string of the molecule is COc1ccc(C(=O)NC(C)C)cc1COc1ccccc1Cl. The second-order valence-corrected chi connectivity index (χ2v) is 5.78. The smallest absolute Gasteiger partial charge is 0.251 e. The Morgan fingerprint density at radius 3 is 2.57 bits per heavy atom. The molecule has 1 N–H and O–H groups in total. The van der Waals surface area contributed by atoms with Crippen molar-refractivity contribution in [1.29, 1.82) is 0 Å². The first-order chi connectivity index (χ1) is 11.0. The predicted molar refractivity (Wildman–Crippen MR) is 91.4 cm³/mol. The molecule has 2 aromatic rings. The van der Waals surface area contributed by atoms with E-state index in [1.54, 1.807) is 37.4 Å². The Balaban J connectivity index is 2.19. The van der Waals surface area contributed by atoms with Crippen LogP contribution in [0.15, 0.2) is 42.5 Å². The van der Waals surface area contributed by atoms with Crippen molar-refractivity contribution in [2.75, 3.05) is 7.11 Å². The van der Waals surface area contributed by atoms with Crippen LogP contribution < -0.4 is 14.8 Å². The minimum atomic E-state index is -0.123. The van der Waals surface area contributed by atoms with E-state index in [2.05, 4.69) is 5.32 Å². The minimum absolute atomic E-state index is 0.0763. The van der Waals surface area contributed by atoms with E-state index in [0.29, 0.717) is 22.1 Å². The molecule has 2 rings (SSSR count). The number of carbonyl (C=O) groups excluding carboxylic acids is 1. The van der Waals surface area contributed by atoms with Gasteiger partial charge in [0.15, 0.2) is 0 Å². The highest BCUT2D eigenvalue weighted by atomic mass is 35.5. The predicted octanol–water partition coefficient (Wildman–Crippen LogP) is 4.07. The molecular formula is C18H20ClNO3. The number of nitrogens with one attached hydrogen (secondary N) is 1. The van der Waals surface area contributed by atoms with Crippen LogP contribution in [-0.4, -0.2) is 19.1 Å². The van der Waals surface area contributed by atoms with Gasteiger partial charge in [-0.15, -0.1) is 0 Å². The zero-order chi connectivity index (χ0) is 16.8. The molecule has 0 aliphatic rings. The van der Waals surface area contributed by atoms with Gasteiger partial charge in [0.1, 0.15) is 18.1 Å². The van der Waals surface area contributed by atoms with Crippen LogP contribution in [-0.2, 0) is 6.61 Å². The number of benzene rings is 2. The highest BCUT2D eigenvalue weighted by Gasteiger charge is 2.12. The lowest BCUT2D eigenvalue weighted by Gasteiger charge is -2.14. The Bertz CT molecular complexity index is 686. The zero-order valence-electron chi connectivity index (χ0n) is 13.4. The Morgan fingerprint density at radius 2 is 1.91 bits per heavy atom. The third-order valence-electron chi connectivity index (χ3n) is 3.18. The second-order valence-electron chi connectivity index (χ2n) is 5.37. The van der Waals surface area contributed by atoms with Crippen LogP contribution in [0.4, 0.5) is 0 Å². The Labute approximate surface area is 141 Å². The summed E-state index contributed by atoms with van der Waals surface area (Å²) in [5.74, 6) is 1.13. The Morgan fingerprint density at radius 1 is 1.17 bits per heavy atom. The van der Waals surface area contributed by atoms with Crippen LogP contribution >= 0.6 is 11.6 Å². The van der Waals surface area contributed by atoms with Gasteiger partial charge >= 0.3 is 0 Å². The number of methoxy groups -OCH3 is 1. The number of hydrogen-bond donors (Lipinski definition) is 1. The van der Waals surface area contributed by atoms with Crippen LogP contribution in [0.5, 0.6) is 11.5 Å². The summed E-state index contributed by atoms with van der Waals surface area (Å²) in [5.41, 5.74) is 1.35. The van der Waals surface area contributed by atoms with E-state index in [9.17, 15) is 4.79 Å². The van der Waals surface area contributed by atoms with Crippen LogP contribution in [0.25, 0.3) is 0 Å². The van der Waals surface area contributed by atoms with Gasteiger partial charge in [-0.25, -0.2) is 0 Å². The highest BCUT2D eigenvalue weighted by Crippen LogP contribution is 2.26. The summed E-state index contributed by atoms with van der Waals surface area (Å²) in [6.07, 6.45) is 0. The molecule has 2 aromatic carbocycles. The molecule has 4 nitrogen and oxygen atoms in total. The van der Waals surface area contributed by atoms with Gasteiger partial charge in [-0.3, -0.25) is 4.79 Å². The number of carbonyl (C=O) groups is 1. The number of rotatable bonds is 6. The first-order valence-electron chi connectivity index (χ1n) is 7.36. The summed E-state index contributed by atoms with van der Waals surface area (Å²) in [4.78, 5) is 12.1. The van der Waals surface area contributed by atoms with Crippen molar-refractivity contribution < 1.29 is 14.3 Å². The van der Waals surface area contributed by atoms with E-state index in [1.165, 1.54) is 0 Å². The fraction of sp³-hybridized carbons (Fsp3) is 0.278. The fourth-order valence-electron chi connectivity index (χ4n) is 2.10. The summed E-state index contributed by atoms with van der Waals surface area (Å²) < 4.78 is 11.1. The molecule has 0 saturated heterocycles. The maximum absolute atomic E-state index is 12.1. The topological polar surface area (TPSA) is 47.6 Å². The van der Waals surface area contributed by atoms with Crippen molar-refractivity contribution in [2.24, 2.45) is 0 Å². The van der Waals surface area contributed by atoms with Gasteiger partial charge in [0.25, 0.3) is 5.91 Å². The number of para-hydroxylation sites is 1. The minimum Gasteiger partial charge on any atom is -0.496 e. The third-order valence-corrected chi connectivity index (χ3v) is 3.49. The highest BCUT2D eigenvalue weighted by molar-refractivity contribution is 6.32. The summed E-state index contributed by atoms with van der Waals surface area (Å²) >= 11 is 6.08. The van der Waals surface area contributed by atoms with E-state index < -0.39 is 0 Å². The average molecular weight is 334 g/mol. The first kappa shape index (κ1) is 17.2. The molecule has 0 aromatic heterocycles. The normalized spacial score (nSPS) is 10.5. The van der Waals surface area contributed by atoms with Crippen molar-refractivity contribution in [3.8, 4) is 11.5 Å². The molecule has 23 heavy (non-hydrogen) atoms. The molecule has 0 saturated carbocycles. The molecule has 0 heterocycles. The van der Waals surface area contributed by atoms with Crippen molar-refractivity contribution >= 4 is 17.5 Å². The Kier molecular flexibility index (Phi) is 5.88. The maximum Gasteiger partial charge on any atom is 0.251 e. The molecule has 1 amide bonds. The standard InChI is InChI=1S/C18H20ClNO3/c1-12(2)20-18(21)13-8-9-16(22-3)14(10-13)11-23-17-7-5-4-6-15(17)19/h4-10,12H,11H2,1-3H3,(H,20,21). The van der Waals surface area contributed by atoms with Gasteiger partial charge in [0, 0.05) is 17.2 Å². The quantitative estimate of drug-likeness (QED) is 0.867. The molecule has 0 aliphatic carbocycles. The van der Waals surface area contributed by atoms with Crippen molar-refractivity contribution in [3.05, 3.63) is 58.6 Å². The van der Waals surface area contributed by atoms with Gasteiger partial charge in [0.05, 0.1) is 12.1 Å². The van der Waals surface area contributed by atoms with Gasteiger partial charge in [-0.05, 0) is 44.2 Å². The van der Waals surface area contributed by atoms with Crippen LogP contribution in [0.1, 0.15) is 29.8 Å². The monoisotopic (exact) mass is 333 g/mol. The van der Waals surface area contributed by atoms with E-state index in [4.69, 9.17) is 21.1 Å². The van der Waals surface area contributed by atoms with Crippen molar-refractivity contribution in [1.82, 2.24) is 5.32 Å². The Hall–Kier alpha value is -2.20. The average Bonchev–Trinajstić information content (AvgIpc) is 2.53. The molecular weight excluding hydrogens is 314 g/mol.